The Labute approximate surface area is 199 Å². The minimum absolute atomic E-state index is 0.0568. The molecule has 2 aromatic carbocycles. The average molecular weight is 449 g/mol. The van der Waals surface area contributed by atoms with Crippen LogP contribution in [0, 0.1) is 17.8 Å². The Hall–Kier alpha value is -2.33. The van der Waals surface area contributed by atoms with E-state index in [-0.39, 0.29) is 23.3 Å². The van der Waals surface area contributed by atoms with E-state index in [0.717, 1.165) is 45.3 Å². The average Bonchev–Trinajstić information content (AvgIpc) is 2.80. The van der Waals surface area contributed by atoms with Crippen LogP contribution in [0.2, 0.25) is 0 Å². The molecule has 1 unspecified atom stereocenters. The second kappa shape index (κ2) is 9.89. The zero-order chi connectivity index (χ0) is 23.6. The molecule has 4 heteroatoms. The Bertz CT molecular complexity index is 972. The van der Waals surface area contributed by atoms with Crippen LogP contribution in [0.25, 0.3) is 0 Å². The van der Waals surface area contributed by atoms with Gasteiger partial charge in [-0.1, -0.05) is 64.1 Å². The van der Waals surface area contributed by atoms with Gasteiger partial charge in [0.25, 0.3) is 0 Å². The van der Waals surface area contributed by atoms with E-state index >= 15 is 0 Å². The Morgan fingerprint density at radius 1 is 1.18 bits per heavy atom. The summed E-state index contributed by atoms with van der Waals surface area (Å²) in [5.41, 5.74) is 4.02. The van der Waals surface area contributed by atoms with Crippen molar-refractivity contribution in [2.45, 2.75) is 64.8 Å². The van der Waals surface area contributed by atoms with Crippen LogP contribution in [0.4, 0.5) is 0 Å². The van der Waals surface area contributed by atoms with E-state index in [1.165, 1.54) is 16.7 Å². The van der Waals surface area contributed by atoms with Gasteiger partial charge in [0.05, 0.1) is 0 Å². The molecule has 0 aromatic heterocycles. The Morgan fingerprint density at radius 3 is 2.64 bits per heavy atom. The number of fused-ring (bicyclic) bond motifs is 1. The number of nitrogens with zero attached hydrogens (tertiary/aromatic N) is 1. The molecule has 0 saturated carbocycles. The molecule has 0 spiro atoms. The van der Waals surface area contributed by atoms with Crippen LogP contribution < -0.4 is 5.32 Å². The number of hydrogen-bond donors (Lipinski definition) is 2. The second-order valence-corrected chi connectivity index (χ2v) is 10.9. The van der Waals surface area contributed by atoms with Crippen molar-refractivity contribution in [3.05, 3.63) is 65.2 Å². The largest absolute Gasteiger partial charge is 0.508 e. The SMILES string of the molecule is CC(C)[C@@H](CN1CC[C@@](C)(c2cccc(O)c2)[C@@H](C)C1)NC(=O)C1CCc2ccccc2C1. The van der Waals surface area contributed by atoms with Crippen LogP contribution in [0.15, 0.2) is 48.5 Å². The van der Waals surface area contributed by atoms with Gasteiger partial charge in [0.15, 0.2) is 0 Å². The number of benzene rings is 2. The molecule has 1 amide bonds. The van der Waals surface area contributed by atoms with Gasteiger partial charge in [-0.05, 0) is 78.3 Å². The molecule has 4 rings (SSSR count). The monoisotopic (exact) mass is 448 g/mol. The van der Waals surface area contributed by atoms with Crippen LogP contribution in [-0.4, -0.2) is 41.6 Å². The maximum absolute atomic E-state index is 13.2. The number of carbonyl (C=O) groups is 1. The molecule has 0 radical (unpaired) electrons. The van der Waals surface area contributed by atoms with Crippen LogP contribution in [0.3, 0.4) is 0 Å². The van der Waals surface area contributed by atoms with E-state index in [2.05, 4.69) is 68.2 Å². The molecule has 1 aliphatic heterocycles. The van der Waals surface area contributed by atoms with E-state index in [4.69, 9.17) is 0 Å². The van der Waals surface area contributed by atoms with Crippen molar-refractivity contribution < 1.29 is 9.90 Å². The predicted molar refractivity (Wildman–Crippen MR) is 134 cm³/mol. The van der Waals surface area contributed by atoms with Crippen molar-refractivity contribution in [3.8, 4) is 5.75 Å². The smallest absolute Gasteiger partial charge is 0.223 e. The number of likely N-dealkylation sites (tertiary alicyclic amines) is 1. The lowest BCUT2D eigenvalue weighted by Gasteiger charge is -2.46. The minimum Gasteiger partial charge on any atom is -0.508 e. The van der Waals surface area contributed by atoms with Crippen molar-refractivity contribution in [3.63, 3.8) is 0 Å². The molecule has 1 fully saturated rings. The van der Waals surface area contributed by atoms with Gasteiger partial charge >= 0.3 is 0 Å². The third-order valence-electron chi connectivity index (χ3n) is 8.38. The quantitative estimate of drug-likeness (QED) is 0.658. The lowest BCUT2D eigenvalue weighted by Crippen LogP contribution is -2.54. The van der Waals surface area contributed by atoms with E-state index in [1.54, 1.807) is 6.07 Å². The second-order valence-electron chi connectivity index (χ2n) is 10.9. The fourth-order valence-corrected chi connectivity index (χ4v) is 5.70. The zero-order valence-electron chi connectivity index (χ0n) is 20.7. The molecule has 33 heavy (non-hydrogen) atoms. The highest BCUT2D eigenvalue weighted by molar-refractivity contribution is 5.79. The maximum atomic E-state index is 13.2. The number of aryl methyl sites for hydroxylation is 1. The number of carbonyl (C=O) groups excluding carboxylic acids is 1. The molecule has 4 nitrogen and oxygen atoms in total. The first-order valence-electron chi connectivity index (χ1n) is 12.7. The molecule has 2 N–H and O–H groups in total. The third-order valence-corrected chi connectivity index (χ3v) is 8.38. The molecular weight excluding hydrogens is 408 g/mol. The fourth-order valence-electron chi connectivity index (χ4n) is 5.70. The van der Waals surface area contributed by atoms with E-state index in [9.17, 15) is 9.90 Å². The molecule has 0 bridgehead atoms. The number of hydrogen-bond acceptors (Lipinski definition) is 3. The first-order chi connectivity index (χ1) is 15.8. The van der Waals surface area contributed by atoms with Crippen LogP contribution in [-0.2, 0) is 23.1 Å². The standard InChI is InChI=1S/C29H40N2O2/c1-20(2)27(30-28(33)24-13-12-22-8-5-6-9-23(22)16-24)19-31-15-14-29(4,21(3)18-31)25-10-7-11-26(32)17-25/h5-11,17,20-21,24,27,32H,12-16,18-19H2,1-4H3,(H,30,33)/t21-,24?,27+,29+/m0/s1. The van der Waals surface area contributed by atoms with E-state index in [0.29, 0.717) is 17.6 Å². The summed E-state index contributed by atoms with van der Waals surface area (Å²) in [7, 11) is 0. The van der Waals surface area contributed by atoms with Crippen molar-refractivity contribution in [1.82, 2.24) is 10.2 Å². The number of amides is 1. The molecule has 4 atom stereocenters. The Morgan fingerprint density at radius 2 is 1.94 bits per heavy atom. The zero-order valence-corrected chi connectivity index (χ0v) is 20.7. The topological polar surface area (TPSA) is 52.6 Å². The maximum Gasteiger partial charge on any atom is 0.223 e. The van der Waals surface area contributed by atoms with Gasteiger partial charge < -0.3 is 15.3 Å². The number of phenols is 1. The lowest BCUT2D eigenvalue weighted by molar-refractivity contribution is -0.126. The summed E-state index contributed by atoms with van der Waals surface area (Å²) in [5, 5.41) is 13.4. The highest BCUT2D eigenvalue weighted by atomic mass is 16.3. The predicted octanol–water partition coefficient (Wildman–Crippen LogP) is 4.94. The normalized spacial score (nSPS) is 26.6. The van der Waals surface area contributed by atoms with Crippen LogP contribution >= 0.6 is 0 Å². The highest BCUT2D eigenvalue weighted by Crippen LogP contribution is 2.40. The summed E-state index contributed by atoms with van der Waals surface area (Å²) >= 11 is 0. The molecule has 1 aliphatic carbocycles. The first-order valence-corrected chi connectivity index (χ1v) is 12.7. The van der Waals surface area contributed by atoms with E-state index in [1.807, 2.05) is 12.1 Å². The summed E-state index contributed by atoms with van der Waals surface area (Å²) in [6, 6.07) is 16.5. The Balaban J connectivity index is 1.36. The van der Waals surface area contributed by atoms with Gasteiger partial charge in [-0.2, -0.15) is 0 Å². The van der Waals surface area contributed by atoms with Crippen molar-refractivity contribution in [2.24, 2.45) is 17.8 Å². The van der Waals surface area contributed by atoms with Gasteiger partial charge in [-0.3, -0.25) is 4.79 Å². The Kier molecular flexibility index (Phi) is 7.13. The van der Waals surface area contributed by atoms with Gasteiger partial charge in [-0.25, -0.2) is 0 Å². The fraction of sp³-hybridized carbons (Fsp3) is 0.552. The summed E-state index contributed by atoms with van der Waals surface area (Å²) < 4.78 is 0. The van der Waals surface area contributed by atoms with Gasteiger partial charge in [0, 0.05) is 25.0 Å². The molecular formula is C29H40N2O2. The lowest BCUT2D eigenvalue weighted by atomic mass is 9.68. The van der Waals surface area contributed by atoms with Crippen molar-refractivity contribution in [2.75, 3.05) is 19.6 Å². The highest BCUT2D eigenvalue weighted by Gasteiger charge is 2.39. The number of aromatic hydroxyl groups is 1. The molecule has 1 heterocycles. The van der Waals surface area contributed by atoms with Gasteiger partial charge in [0.2, 0.25) is 5.91 Å². The summed E-state index contributed by atoms with van der Waals surface area (Å²) in [6.45, 7) is 12.0. The van der Waals surface area contributed by atoms with Gasteiger partial charge in [0.1, 0.15) is 5.75 Å². The van der Waals surface area contributed by atoms with Crippen molar-refractivity contribution in [1.29, 1.82) is 0 Å². The third kappa shape index (κ3) is 5.27. The summed E-state index contributed by atoms with van der Waals surface area (Å²) in [5.74, 6) is 1.50. The van der Waals surface area contributed by atoms with Crippen molar-refractivity contribution >= 4 is 5.91 Å². The van der Waals surface area contributed by atoms with Crippen LogP contribution in [0.1, 0.15) is 57.2 Å². The number of piperidine rings is 1. The summed E-state index contributed by atoms with van der Waals surface area (Å²) in [4.78, 5) is 15.7. The number of rotatable bonds is 6. The molecule has 1 saturated heterocycles. The van der Waals surface area contributed by atoms with Gasteiger partial charge in [-0.15, -0.1) is 0 Å². The minimum atomic E-state index is 0.0568. The molecule has 178 valence electrons. The van der Waals surface area contributed by atoms with Crippen LogP contribution in [0.5, 0.6) is 5.75 Å². The number of phenolic OH excluding ortho intramolecular Hbond substituents is 1. The van der Waals surface area contributed by atoms with E-state index < -0.39 is 0 Å². The molecule has 2 aromatic rings. The first kappa shape index (κ1) is 23.8. The number of nitrogens with one attached hydrogen (secondary N) is 1. The summed E-state index contributed by atoms with van der Waals surface area (Å²) in [6.07, 6.45) is 3.85. The molecule has 2 aliphatic rings.